The summed E-state index contributed by atoms with van der Waals surface area (Å²) in [7, 11) is 3.92. The molecule has 1 aliphatic rings. The van der Waals surface area contributed by atoms with Crippen LogP contribution < -0.4 is 5.32 Å². The number of nitrogens with zero attached hydrogens (tertiary/aromatic N) is 4. The molecular weight excluding hydrogens is 445 g/mol. The molecule has 25 heavy (non-hydrogen) atoms. The van der Waals surface area contributed by atoms with E-state index in [0.717, 1.165) is 29.8 Å². The van der Waals surface area contributed by atoms with Crippen LogP contribution in [0.5, 0.6) is 0 Å². The summed E-state index contributed by atoms with van der Waals surface area (Å²) in [4.78, 5) is 13.7. The van der Waals surface area contributed by atoms with Gasteiger partial charge in [0.15, 0.2) is 5.96 Å². The van der Waals surface area contributed by atoms with Gasteiger partial charge in [0, 0.05) is 26.0 Å². The first-order chi connectivity index (χ1) is 11.7. The number of hydrogen-bond donors (Lipinski definition) is 1. The minimum Gasteiger partial charge on any atom is -0.356 e. The average molecular weight is 479 g/mol. The normalized spacial score (nSPS) is 15.7. The number of rotatable bonds is 8. The summed E-state index contributed by atoms with van der Waals surface area (Å²) in [6.07, 6.45) is 8.01. The summed E-state index contributed by atoms with van der Waals surface area (Å²) in [5.41, 5.74) is 1.12. The van der Waals surface area contributed by atoms with Gasteiger partial charge in [0.25, 0.3) is 0 Å². The number of unbranched alkanes of at least 4 members (excludes halogenated alkanes) is 2. The molecule has 0 atom stereocenters. The van der Waals surface area contributed by atoms with E-state index in [4.69, 9.17) is 0 Å². The van der Waals surface area contributed by atoms with E-state index in [0.29, 0.717) is 0 Å². The predicted octanol–water partition coefficient (Wildman–Crippen LogP) is 3.73. The van der Waals surface area contributed by atoms with E-state index in [2.05, 4.69) is 37.5 Å². The molecule has 0 saturated carbocycles. The van der Waals surface area contributed by atoms with Crippen LogP contribution >= 0.6 is 35.3 Å². The quantitative estimate of drug-likeness (QED) is 0.267. The molecule has 7 heteroatoms. The zero-order valence-corrected chi connectivity index (χ0v) is 19.1. The number of aryl methyl sites for hydroxylation is 1. The summed E-state index contributed by atoms with van der Waals surface area (Å²) in [6.45, 7) is 7.74. The molecule has 0 bridgehead atoms. The minimum atomic E-state index is 0. The molecule has 0 aliphatic carbocycles. The summed E-state index contributed by atoms with van der Waals surface area (Å²) in [5, 5.41) is 6.72. The molecule has 0 amide bonds. The first-order valence-electron chi connectivity index (χ1n) is 9.24. The molecule has 2 rings (SSSR count). The molecule has 1 fully saturated rings. The van der Waals surface area contributed by atoms with E-state index in [-0.39, 0.29) is 24.0 Å². The summed E-state index contributed by atoms with van der Waals surface area (Å²) < 4.78 is 0. The third-order valence-electron chi connectivity index (χ3n) is 4.52. The van der Waals surface area contributed by atoms with E-state index in [9.17, 15) is 0 Å². The molecule has 1 aliphatic heterocycles. The van der Waals surface area contributed by atoms with Crippen LogP contribution in [0.3, 0.4) is 0 Å². The molecule has 1 aromatic rings. The Morgan fingerprint density at radius 2 is 2.04 bits per heavy atom. The van der Waals surface area contributed by atoms with Crippen LogP contribution in [-0.2, 0) is 6.54 Å². The number of nitrogens with one attached hydrogen (secondary N) is 1. The van der Waals surface area contributed by atoms with Gasteiger partial charge in [-0.05, 0) is 52.2 Å². The van der Waals surface area contributed by atoms with Crippen molar-refractivity contribution in [2.24, 2.45) is 4.99 Å². The van der Waals surface area contributed by atoms with Gasteiger partial charge >= 0.3 is 0 Å². The fourth-order valence-corrected chi connectivity index (χ4v) is 3.81. The van der Waals surface area contributed by atoms with Crippen molar-refractivity contribution in [3.8, 4) is 0 Å². The first-order valence-corrected chi connectivity index (χ1v) is 10.1. The standard InChI is InChI=1S/C18H33N5S.HI/c1-16-21-17(15-24-16)14-22(3)18(19-2)20-10-6-4-7-11-23-12-8-5-9-13-23;/h15H,4-14H2,1-3H3,(H,19,20);1H. The van der Waals surface area contributed by atoms with Gasteiger partial charge in [-0.2, -0.15) is 0 Å². The number of thiazole rings is 1. The number of halogens is 1. The molecule has 0 radical (unpaired) electrons. The van der Waals surface area contributed by atoms with Gasteiger partial charge in [0.2, 0.25) is 0 Å². The highest BCUT2D eigenvalue weighted by Crippen LogP contribution is 2.11. The molecule has 0 aromatic carbocycles. The maximum Gasteiger partial charge on any atom is 0.193 e. The molecule has 144 valence electrons. The van der Waals surface area contributed by atoms with Crippen molar-refractivity contribution in [3.63, 3.8) is 0 Å². The maximum atomic E-state index is 4.52. The van der Waals surface area contributed by atoms with Crippen LogP contribution in [0.15, 0.2) is 10.4 Å². The number of likely N-dealkylation sites (tertiary alicyclic amines) is 1. The maximum absolute atomic E-state index is 4.52. The number of guanidine groups is 1. The average Bonchev–Trinajstić information content (AvgIpc) is 3.00. The topological polar surface area (TPSA) is 43.8 Å². The van der Waals surface area contributed by atoms with E-state index in [1.165, 1.54) is 58.2 Å². The number of aliphatic imine (C=N–C) groups is 1. The highest BCUT2D eigenvalue weighted by molar-refractivity contribution is 14.0. The Bertz CT molecular complexity index is 499. The molecule has 2 heterocycles. The van der Waals surface area contributed by atoms with Crippen molar-refractivity contribution >= 4 is 41.3 Å². The number of hydrogen-bond acceptors (Lipinski definition) is 4. The van der Waals surface area contributed by atoms with Gasteiger partial charge in [-0.1, -0.05) is 12.8 Å². The van der Waals surface area contributed by atoms with Crippen LogP contribution in [0.2, 0.25) is 0 Å². The zero-order chi connectivity index (χ0) is 17.2. The van der Waals surface area contributed by atoms with Crippen LogP contribution in [0, 0.1) is 6.92 Å². The number of piperidine rings is 1. The molecular formula is C18H34IN5S. The first kappa shape index (κ1) is 22.6. The van der Waals surface area contributed by atoms with Crippen LogP contribution in [0.4, 0.5) is 0 Å². The van der Waals surface area contributed by atoms with Crippen LogP contribution in [0.25, 0.3) is 0 Å². The molecule has 1 N–H and O–H groups in total. The van der Waals surface area contributed by atoms with Gasteiger partial charge in [0.05, 0.1) is 17.2 Å². The van der Waals surface area contributed by atoms with E-state index < -0.39 is 0 Å². The molecule has 5 nitrogen and oxygen atoms in total. The fourth-order valence-electron chi connectivity index (χ4n) is 3.20. The summed E-state index contributed by atoms with van der Waals surface area (Å²) in [5.74, 6) is 0.955. The summed E-state index contributed by atoms with van der Waals surface area (Å²) in [6, 6.07) is 0. The Balaban J connectivity index is 0.00000312. The highest BCUT2D eigenvalue weighted by atomic mass is 127. The third-order valence-corrected chi connectivity index (χ3v) is 5.34. The molecule has 0 spiro atoms. The zero-order valence-electron chi connectivity index (χ0n) is 16.0. The van der Waals surface area contributed by atoms with E-state index >= 15 is 0 Å². The van der Waals surface area contributed by atoms with Gasteiger partial charge in [0.1, 0.15) is 0 Å². The second kappa shape index (κ2) is 12.9. The van der Waals surface area contributed by atoms with Crippen molar-refractivity contribution in [2.75, 3.05) is 40.3 Å². The molecule has 0 unspecified atom stereocenters. The Labute approximate surface area is 174 Å². The lowest BCUT2D eigenvalue weighted by Crippen LogP contribution is -2.39. The van der Waals surface area contributed by atoms with Crippen molar-refractivity contribution in [1.82, 2.24) is 20.1 Å². The van der Waals surface area contributed by atoms with Crippen molar-refractivity contribution in [1.29, 1.82) is 0 Å². The van der Waals surface area contributed by atoms with Crippen molar-refractivity contribution in [2.45, 2.75) is 52.0 Å². The van der Waals surface area contributed by atoms with E-state index in [1.54, 1.807) is 11.3 Å². The monoisotopic (exact) mass is 479 g/mol. The van der Waals surface area contributed by atoms with E-state index in [1.807, 2.05) is 14.0 Å². The van der Waals surface area contributed by atoms with Gasteiger partial charge in [-0.25, -0.2) is 4.98 Å². The fraction of sp³-hybridized carbons (Fsp3) is 0.778. The molecule has 1 saturated heterocycles. The lowest BCUT2D eigenvalue weighted by molar-refractivity contribution is 0.224. The predicted molar refractivity (Wildman–Crippen MR) is 119 cm³/mol. The SMILES string of the molecule is CN=C(NCCCCCN1CCCCC1)N(C)Cc1csc(C)n1.I. The lowest BCUT2D eigenvalue weighted by Gasteiger charge is -2.26. The Morgan fingerprint density at radius 1 is 1.28 bits per heavy atom. The van der Waals surface area contributed by atoms with Gasteiger partial charge < -0.3 is 15.1 Å². The van der Waals surface area contributed by atoms with Crippen LogP contribution in [0.1, 0.15) is 49.2 Å². The van der Waals surface area contributed by atoms with Crippen molar-refractivity contribution in [3.05, 3.63) is 16.1 Å². The van der Waals surface area contributed by atoms with Gasteiger partial charge in [-0.15, -0.1) is 35.3 Å². The van der Waals surface area contributed by atoms with Crippen molar-refractivity contribution < 1.29 is 0 Å². The molecule has 1 aromatic heterocycles. The minimum absolute atomic E-state index is 0. The van der Waals surface area contributed by atoms with Crippen LogP contribution in [-0.4, -0.2) is 61.0 Å². The second-order valence-corrected chi connectivity index (χ2v) is 7.71. The number of aromatic nitrogens is 1. The summed E-state index contributed by atoms with van der Waals surface area (Å²) >= 11 is 1.70. The smallest absolute Gasteiger partial charge is 0.193 e. The Morgan fingerprint density at radius 3 is 2.68 bits per heavy atom. The third kappa shape index (κ3) is 8.68. The Hall–Kier alpha value is -0.410. The van der Waals surface area contributed by atoms with Gasteiger partial charge in [-0.3, -0.25) is 4.99 Å². The lowest BCUT2D eigenvalue weighted by atomic mass is 10.1. The highest BCUT2D eigenvalue weighted by Gasteiger charge is 2.10. The second-order valence-electron chi connectivity index (χ2n) is 6.65. The Kier molecular flexibility index (Phi) is 11.6. The largest absolute Gasteiger partial charge is 0.356 e.